The summed E-state index contributed by atoms with van der Waals surface area (Å²) < 4.78 is 7.91. The number of hydrogen-bond acceptors (Lipinski definition) is 5. The van der Waals surface area contributed by atoms with Crippen molar-refractivity contribution in [3.05, 3.63) is 55.9 Å². The van der Waals surface area contributed by atoms with Crippen LogP contribution in [0.1, 0.15) is 5.56 Å². The Bertz CT molecular complexity index is 1100. The molecule has 28 heavy (non-hydrogen) atoms. The fourth-order valence-corrected chi connectivity index (χ4v) is 5.15. The summed E-state index contributed by atoms with van der Waals surface area (Å²) in [5, 5.41) is 6.87. The van der Waals surface area contributed by atoms with Gasteiger partial charge in [0, 0.05) is 21.1 Å². The molecule has 144 valence electrons. The third kappa shape index (κ3) is 5.30. The normalized spacial score (nSPS) is 11.0. The van der Waals surface area contributed by atoms with Crippen LogP contribution in [-0.2, 0) is 4.79 Å². The minimum Gasteiger partial charge on any atom is -0.495 e. The molecule has 3 rings (SSSR count). The molecule has 1 aromatic heterocycles. The molecule has 0 aliphatic carbocycles. The van der Waals surface area contributed by atoms with Crippen LogP contribution in [0, 0.1) is 0 Å². The molecule has 0 aliphatic heterocycles. The predicted octanol–water partition coefficient (Wildman–Crippen LogP) is 6.01. The molecule has 0 spiro atoms. The molecule has 2 aromatic carbocycles. The number of benzene rings is 2. The van der Waals surface area contributed by atoms with Crippen molar-refractivity contribution in [1.82, 2.24) is 10.3 Å². The average Bonchev–Trinajstić information content (AvgIpc) is 3.00. The van der Waals surface area contributed by atoms with Crippen LogP contribution in [-0.4, -0.2) is 23.1 Å². The molecule has 10 heteroatoms. The van der Waals surface area contributed by atoms with E-state index in [1.165, 1.54) is 17.4 Å². The van der Waals surface area contributed by atoms with Gasteiger partial charge in [0.1, 0.15) is 5.75 Å². The number of carbonyl (C=O) groups is 1. The number of fused-ring (bicyclic) bond motifs is 1. The molecule has 0 bridgehead atoms. The third-order valence-electron chi connectivity index (χ3n) is 3.46. The Morgan fingerprint density at radius 3 is 2.86 bits per heavy atom. The lowest BCUT2D eigenvalue weighted by molar-refractivity contribution is -0.115. The number of amides is 1. The lowest BCUT2D eigenvalue weighted by Crippen LogP contribution is -2.32. The smallest absolute Gasteiger partial charge is 0.250 e. The molecule has 1 heterocycles. The number of anilines is 1. The summed E-state index contributed by atoms with van der Waals surface area (Å²) in [6, 6.07) is 9.13. The lowest BCUT2D eigenvalue weighted by Gasteiger charge is -2.08. The molecule has 0 atom stereocenters. The first kappa shape index (κ1) is 21.2. The largest absolute Gasteiger partial charge is 0.495 e. The van der Waals surface area contributed by atoms with E-state index < -0.39 is 0 Å². The maximum Gasteiger partial charge on any atom is 0.250 e. The third-order valence-corrected chi connectivity index (χ3v) is 5.88. The van der Waals surface area contributed by atoms with Crippen LogP contribution in [0.15, 0.2) is 45.4 Å². The number of carbonyl (C=O) groups excluding carboxylic acids is 1. The quantitative estimate of drug-likeness (QED) is 0.302. The van der Waals surface area contributed by atoms with Gasteiger partial charge in [-0.1, -0.05) is 38.9 Å². The average molecular weight is 562 g/mol. The molecule has 0 fully saturated rings. The van der Waals surface area contributed by atoms with Gasteiger partial charge in [0.2, 0.25) is 5.91 Å². The Kier molecular flexibility index (Phi) is 7.05. The zero-order chi connectivity index (χ0) is 20.3. The van der Waals surface area contributed by atoms with Crippen molar-refractivity contribution in [2.75, 3.05) is 12.4 Å². The van der Waals surface area contributed by atoms with Crippen LogP contribution in [0.5, 0.6) is 5.75 Å². The number of nitrogens with one attached hydrogen (secondary N) is 2. The fourth-order valence-electron chi connectivity index (χ4n) is 2.32. The molecule has 0 unspecified atom stereocenters. The predicted molar refractivity (Wildman–Crippen MR) is 126 cm³/mol. The molecular weight excluding hydrogens is 550 g/mol. The molecule has 0 saturated carbocycles. The van der Waals surface area contributed by atoms with Crippen molar-refractivity contribution < 1.29 is 9.53 Å². The van der Waals surface area contributed by atoms with Gasteiger partial charge in [0.15, 0.2) is 10.2 Å². The molecule has 0 radical (unpaired) electrons. The Labute approximate surface area is 192 Å². The van der Waals surface area contributed by atoms with Crippen LogP contribution < -0.4 is 15.4 Å². The summed E-state index contributed by atoms with van der Waals surface area (Å²) in [6.45, 7) is 0. The topological polar surface area (TPSA) is 63.2 Å². The number of ether oxygens (including phenoxy) is 1. The van der Waals surface area contributed by atoms with Gasteiger partial charge in [-0.3, -0.25) is 10.1 Å². The minimum absolute atomic E-state index is 0.155. The molecule has 0 saturated heterocycles. The van der Waals surface area contributed by atoms with Gasteiger partial charge in [-0.15, -0.1) is 0 Å². The minimum atomic E-state index is -0.375. The van der Waals surface area contributed by atoms with Crippen LogP contribution in [0.3, 0.4) is 0 Å². The van der Waals surface area contributed by atoms with Crippen LogP contribution >= 0.6 is 67.0 Å². The first-order valence-corrected chi connectivity index (χ1v) is 10.9. The summed E-state index contributed by atoms with van der Waals surface area (Å²) in [6.07, 6.45) is 3.02. The van der Waals surface area contributed by atoms with Gasteiger partial charge in [-0.2, -0.15) is 0 Å². The molecule has 3 aromatic rings. The molecule has 0 aliphatic rings. The van der Waals surface area contributed by atoms with Crippen LogP contribution in [0.2, 0.25) is 5.02 Å². The van der Waals surface area contributed by atoms with Gasteiger partial charge in [0.25, 0.3) is 0 Å². The zero-order valence-corrected chi connectivity index (χ0v) is 19.8. The monoisotopic (exact) mass is 559 g/mol. The summed E-state index contributed by atoms with van der Waals surface area (Å²) in [7, 11) is 1.57. The lowest BCUT2D eigenvalue weighted by atomic mass is 10.2. The van der Waals surface area contributed by atoms with E-state index in [0.717, 1.165) is 24.7 Å². The molecule has 2 N–H and O–H groups in total. The molecular formula is C18H12Br2ClN3O2S2. The zero-order valence-electron chi connectivity index (χ0n) is 14.3. The maximum atomic E-state index is 12.2. The first-order chi connectivity index (χ1) is 13.4. The van der Waals surface area contributed by atoms with Crippen molar-refractivity contribution >= 4 is 99.5 Å². The van der Waals surface area contributed by atoms with Crippen LogP contribution in [0.25, 0.3) is 16.3 Å². The van der Waals surface area contributed by atoms with E-state index in [4.69, 9.17) is 28.6 Å². The highest BCUT2D eigenvalue weighted by molar-refractivity contribution is 9.11. The Hall–Kier alpha value is -1.52. The van der Waals surface area contributed by atoms with E-state index in [9.17, 15) is 4.79 Å². The number of hydrogen-bond donors (Lipinski definition) is 2. The second-order valence-electron chi connectivity index (χ2n) is 5.42. The highest BCUT2D eigenvalue weighted by Crippen LogP contribution is 2.33. The second-order valence-corrected chi connectivity index (χ2v) is 9.06. The standard InChI is InChI=1S/C18H12Br2ClN3O2S2/c1-26-16-9(6-10(19)7-12(16)20)2-5-15(25)23-17(27)24-18-22-13-4-3-11(21)8-14(13)28-18/h2-8H,1H3,(H2,22,23,24,25,27). The molecule has 5 nitrogen and oxygen atoms in total. The fraction of sp³-hybridized carbons (Fsp3) is 0.0556. The highest BCUT2D eigenvalue weighted by Gasteiger charge is 2.09. The van der Waals surface area contributed by atoms with E-state index in [-0.39, 0.29) is 11.0 Å². The summed E-state index contributed by atoms with van der Waals surface area (Å²) in [4.78, 5) is 16.6. The van der Waals surface area contributed by atoms with Gasteiger partial charge in [-0.05, 0) is 64.6 Å². The Balaban J connectivity index is 1.65. The van der Waals surface area contributed by atoms with E-state index in [2.05, 4.69) is 47.5 Å². The van der Waals surface area contributed by atoms with E-state index in [0.29, 0.717) is 15.9 Å². The summed E-state index contributed by atoms with van der Waals surface area (Å²) in [5.41, 5.74) is 1.54. The number of thiazole rings is 1. The van der Waals surface area contributed by atoms with Gasteiger partial charge >= 0.3 is 0 Å². The van der Waals surface area contributed by atoms with E-state index in [1.54, 1.807) is 19.3 Å². The van der Waals surface area contributed by atoms with Crippen LogP contribution in [0.4, 0.5) is 5.13 Å². The summed E-state index contributed by atoms with van der Waals surface area (Å²) >= 11 is 19.4. The maximum absolute atomic E-state index is 12.2. The van der Waals surface area contributed by atoms with E-state index >= 15 is 0 Å². The van der Waals surface area contributed by atoms with Crippen molar-refractivity contribution in [2.45, 2.75) is 0 Å². The Morgan fingerprint density at radius 2 is 2.11 bits per heavy atom. The number of rotatable bonds is 4. The van der Waals surface area contributed by atoms with Crippen molar-refractivity contribution in [3.8, 4) is 5.75 Å². The van der Waals surface area contributed by atoms with Crippen molar-refractivity contribution in [1.29, 1.82) is 0 Å². The second kappa shape index (κ2) is 9.32. The number of aromatic nitrogens is 1. The number of thiocarbonyl (C=S) groups is 1. The van der Waals surface area contributed by atoms with Crippen molar-refractivity contribution in [2.24, 2.45) is 0 Å². The van der Waals surface area contributed by atoms with E-state index in [1.807, 2.05) is 24.3 Å². The summed E-state index contributed by atoms with van der Waals surface area (Å²) in [5.74, 6) is 0.251. The number of nitrogens with zero attached hydrogens (tertiary/aromatic N) is 1. The first-order valence-electron chi connectivity index (χ1n) is 7.75. The van der Waals surface area contributed by atoms with Gasteiger partial charge < -0.3 is 10.1 Å². The highest BCUT2D eigenvalue weighted by atomic mass is 79.9. The van der Waals surface area contributed by atoms with Gasteiger partial charge in [-0.25, -0.2) is 4.98 Å². The SMILES string of the molecule is COc1c(Br)cc(Br)cc1C=CC(=O)NC(=S)Nc1nc2ccc(Cl)cc2s1. The number of halogens is 3. The van der Waals surface area contributed by atoms with Crippen molar-refractivity contribution in [3.63, 3.8) is 0 Å². The Morgan fingerprint density at radius 1 is 1.32 bits per heavy atom. The number of methoxy groups -OCH3 is 1. The van der Waals surface area contributed by atoms with Gasteiger partial charge in [0.05, 0.1) is 21.8 Å². The molecule has 1 amide bonds.